The Labute approximate surface area is 164 Å². The topological polar surface area (TPSA) is 95.4 Å². The fourth-order valence-electron chi connectivity index (χ4n) is 3.89. The number of furan rings is 1. The zero-order chi connectivity index (χ0) is 20.4. The van der Waals surface area contributed by atoms with E-state index in [1.807, 2.05) is 13.8 Å². The van der Waals surface area contributed by atoms with Crippen molar-refractivity contribution in [3.63, 3.8) is 0 Å². The molecule has 0 aliphatic carbocycles. The largest absolute Gasteiger partial charge is 0.456 e. The number of likely N-dealkylation sites (tertiary alicyclic amines) is 1. The van der Waals surface area contributed by atoms with Crippen LogP contribution in [0.25, 0.3) is 0 Å². The van der Waals surface area contributed by atoms with E-state index in [4.69, 9.17) is 4.42 Å². The molecule has 0 unspecified atom stereocenters. The molecule has 150 valence electrons. The number of aryl methyl sites for hydroxylation is 2. The average molecular weight is 385 g/mol. The summed E-state index contributed by atoms with van der Waals surface area (Å²) in [5.74, 6) is 0.668. The highest BCUT2D eigenvalue weighted by atomic mass is 16.3. The van der Waals surface area contributed by atoms with E-state index in [-0.39, 0.29) is 23.6 Å². The van der Waals surface area contributed by atoms with Crippen LogP contribution in [0.1, 0.15) is 75.1 Å². The van der Waals surface area contributed by atoms with E-state index < -0.39 is 0 Å². The van der Waals surface area contributed by atoms with E-state index in [0.29, 0.717) is 55.1 Å². The van der Waals surface area contributed by atoms with Crippen molar-refractivity contribution in [3.8, 4) is 0 Å². The van der Waals surface area contributed by atoms with Crippen molar-refractivity contribution in [2.24, 2.45) is 0 Å². The van der Waals surface area contributed by atoms with E-state index >= 15 is 0 Å². The van der Waals surface area contributed by atoms with Crippen LogP contribution in [-0.4, -0.2) is 46.6 Å². The van der Waals surface area contributed by atoms with Gasteiger partial charge in [0.25, 0.3) is 11.8 Å². The maximum Gasteiger partial charge on any atom is 0.287 e. The number of rotatable bonds is 5. The second-order valence-corrected chi connectivity index (χ2v) is 7.34. The Morgan fingerprint density at radius 1 is 1.21 bits per heavy atom. The van der Waals surface area contributed by atoms with Crippen LogP contribution in [0, 0.1) is 13.8 Å². The number of hydrogen-bond acceptors (Lipinski definition) is 4. The summed E-state index contributed by atoms with van der Waals surface area (Å²) in [6, 6.07) is 3.43. The van der Waals surface area contributed by atoms with Crippen molar-refractivity contribution < 1.29 is 18.8 Å². The Morgan fingerprint density at radius 3 is 2.43 bits per heavy atom. The summed E-state index contributed by atoms with van der Waals surface area (Å²) in [5, 5.41) is 2.98. The number of nitrogens with zero attached hydrogens (tertiary/aromatic N) is 1. The molecule has 3 heterocycles. The molecule has 0 aromatic carbocycles. The highest BCUT2D eigenvalue weighted by Gasteiger charge is 2.29. The molecule has 2 N–H and O–H groups in total. The number of aromatic amines is 1. The molecule has 2 amide bonds. The van der Waals surface area contributed by atoms with Crippen LogP contribution in [0.3, 0.4) is 0 Å². The van der Waals surface area contributed by atoms with Crippen molar-refractivity contribution in [1.82, 2.24) is 15.2 Å². The van der Waals surface area contributed by atoms with Gasteiger partial charge in [-0.25, -0.2) is 0 Å². The number of nitrogens with one attached hydrogen (secondary N) is 2. The van der Waals surface area contributed by atoms with Crippen LogP contribution in [0.15, 0.2) is 16.5 Å². The minimum atomic E-state index is -0.225. The van der Waals surface area contributed by atoms with Crippen molar-refractivity contribution in [3.05, 3.63) is 46.2 Å². The molecule has 2 aromatic rings. The van der Waals surface area contributed by atoms with Crippen molar-refractivity contribution in [2.45, 2.75) is 53.0 Å². The summed E-state index contributed by atoms with van der Waals surface area (Å²) < 4.78 is 5.35. The van der Waals surface area contributed by atoms with E-state index in [9.17, 15) is 14.4 Å². The molecule has 1 fully saturated rings. The summed E-state index contributed by atoms with van der Waals surface area (Å²) in [6.07, 6.45) is 1.98. The average Bonchev–Trinajstić information content (AvgIpc) is 3.24. The Balaban J connectivity index is 1.63. The van der Waals surface area contributed by atoms with Crippen LogP contribution >= 0.6 is 0 Å². The zero-order valence-corrected chi connectivity index (χ0v) is 16.8. The van der Waals surface area contributed by atoms with Gasteiger partial charge in [-0.15, -0.1) is 0 Å². The van der Waals surface area contributed by atoms with Crippen LogP contribution in [0.5, 0.6) is 0 Å². The van der Waals surface area contributed by atoms with E-state index in [1.54, 1.807) is 24.0 Å². The maximum atomic E-state index is 13.0. The highest BCUT2D eigenvalue weighted by Crippen LogP contribution is 2.23. The standard InChI is InChI=1S/C21H27N3O4/c1-5-16-18(14(4)25)13(3)22-19(16)21(27)24-10-8-15(9-11-24)23-20(26)17-7-6-12(2)28-17/h6-7,15,22H,5,8-11H2,1-4H3,(H,23,26). The van der Waals surface area contributed by atoms with Gasteiger partial charge in [0.05, 0.1) is 0 Å². The molecule has 0 spiro atoms. The summed E-state index contributed by atoms with van der Waals surface area (Å²) in [7, 11) is 0. The van der Waals surface area contributed by atoms with E-state index in [0.717, 1.165) is 11.3 Å². The molecule has 1 aliphatic heterocycles. The Kier molecular flexibility index (Phi) is 5.72. The van der Waals surface area contributed by atoms with Gasteiger partial charge in [0, 0.05) is 30.4 Å². The fourth-order valence-corrected chi connectivity index (χ4v) is 3.89. The Bertz CT molecular complexity index is 901. The molecule has 2 aromatic heterocycles. The number of aromatic nitrogens is 1. The quantitative estimate of drug-likeness (QED) is 0.774. The van der Waals surface area contributed by atoms with Gasteiger partial charge < -0.3 is 19.6 Å². The van der Waals surface area contributed by atoms with Gasteiger partial charge in [0.2, 0.25) is 0 Å². The summed E-state index contributed by atoms with van der Waals surface area (Å²) in [6.45, 7) is 8.20. The minimum Gasteiger partial charge on any atom is -0.456 e. The van der Waals surface area contributed by atoms with Crippen LogP contribution in [0.2, 0.25) is 0 Å². The van der Waals surface area contributed by atoms with Crippen molar-refractivity contribution >= 4 is 17.6 Å². The normalized spacial score (nSPS) is 14.9. The molecule has 3 rings (SSSR count). The predicted octanol–water partition coefficient (Wildman–Crippen LogP) is 3.02. The Hall–Kier alpha value is -2.83. The van der Waals surface area contributed by atoms with Crippen LogP contribution < -0.4 is 5.32 Å². The first kappa shape index (κ1) is 19.9. The van der Waals surface area contributed by atoms with Gasteiger partial charge in [0.1, 0.15) is 11.5 Å². The van der Waals surface area contributed by atoms with Gasteiger partial charge >= 0.3 is 0 Å². The third-order valence-electron chi connectivity index (χ3n) is 5.29. The summed E-state index contributed by atoms with van der Waals surface area (Å²) in [4.78, 5) is 42.1. The summed E-state index contributed by atoms with van der Waals surface area (Å²) >= 11 is 0. The summed E-state index contributed by atoms with van der Waals surface area (Å²) in [5.41, 5.74) is 2.67. The lowest BCUT2D eigenvalue weighted by molar-refractivity contribution is 0.0689. The number of H-pyrrole nitrogens is 1. The Morgan fingerprint density at radius 2 is 1.89 bits per heavy atom. The maximum absolute atomic E-state index is 13.0. The number of ketones is 1. The van der Waals surface area contributed by atoms with Crippen LogP contribution in [0.4, 0.5) is 0 Å². The number of Topliss-reactive ketones (excluding diaryl/α,β-unsaturated/α-hetero) is 1. The molecule has 1 aliphatic rings. The van der Waals surface area contributed by atoms with E-state index in [2.05, 4.69) is 10.3 Å². The molecule has 0 atom stereocenters. The second kappa shape index (κ2) is 8.04. The molecule has 28 heavy (non-hydrogen) atoms. The molecule has 1 saturated heterocycles. The monoisotopic (exact) mass is 385 g/mol. The predicted molar refractivity (Wildman–Crippen MR) is 105 cm³/mol. The number of amides is 2. The first-order valence-electron chi connectivity index (χ1n) is 9.70. The lowest BCUT2D eigenvalue weighted by Gasteiger charge is -2.32. The molecular formula is C21H27N3O4. The third-order valence-corrected chi connectivity index (χ3v) is 5.29. The zero-order valence-electron chi connectivity index (χ0n) is 16.8. The highest BCUT2D eigenvalue weighted by molar-refractivity contribution is 6.02. The van der Waals surface area contributed by atoms with Gasteiger partial charge in [0.15, 0.2) is 11.5 Å². The molecule has 7 nitrogen and oxygen atoms in total. The SMILES string of the molecule is CCc1c(C(=O)N2CCC(NC(=O)c3ccc(C)o3)CC2)[nH]c(C)c1C(C)=O. The first-order valence-corrected chi connectivity index (χ1v) is 9.70. The second-order valence-electron chi connectivity index (χ2n) is 7.34. The van der Waals surface area contributed by atoms with Crippen molar-refractivity contribution in [1.29, 1.82) is 0 Å². The lowest BCUT2D eigenvalue weighted by atomic mass is 10.0. The van der Waals surface area contributed by atoms with Crippen molar-refractivity contribution in [2.75, 3.05) is 13.1 Å². The number of carbonyl (C=O) groups is 3. The smallest absolute Gasteiger partial charge is 0.287 e. The molecule has 0 radical (unpaired) electrons. The van der Waals surface area contributed by atoms with Crippen LogP contribution in [-0.2, 0) is 6.42 Å². The van der Waals surface area contributed by atoms with E-state index in [1.165, 1.54) is 6.92 Å². The van der Waals surface area contributed by atoms with Gasteiger partial charge in [-0.2, -0.15) is 0 Å². The van der Waals surface area contributed by atoms with Gasteiger partial charge in [-0.3, -0.25) is 14.4 Å². The number of piperidine rings is 1. The molecular weight excluding hydrogens is 358 g/mol. The van der Waals surface area contributed by atoms with Gasteiger partial charge in [-0.1, -0.05) is 6.92 Å². The fraction of sp³-hybridized carbons (Fsp3) is 0.476. The molecule has 7 heteroatoms. The van der Waals surface area contributed by atoms with Gasteiger partial charge in [-0.05, 0) is 57.7 Å². The first-order chi connectivity index (χ1) is 13.3. The third kappa shape index (κ3) is 3.88. The number of hydrogen-bond donors (Lipinski definition) is 2. The molecule has 0 bridgehead atoms. The minimum absolute atomic E-state index is 0.00533. The molecule has 0 saturated carbocycles. The number of carbonyl (C=O) groups excluding carboxylic acids is 3. The lowest BCUT2D eigenvalue weighted by Crippen LogP contribution is -2.46.